The average Bonchev–Trinajstić information content (AvgIpc) is 3.02. The number of nitrogens with zero attached hydrogens (tertiary/aromatic N) is 3. The van der Waals surface area contributed by atoms with Gasteiger partial charge in [0, 0.05) is 31.5 Å². The second-order valence-electron chi connectivity index (χ2n) is 6.80. The Labute approximate surface area is 153 Å². The van der Waals surface area contributed by atoms with E-state index in [1.165, 1.54) is 0 Å². The van der Waals surface area contributed by atoms with Crippen molar-refractivity contribution in [3.05, 3.63) is 51.5 Å². The minimum atomic E-state index is -0.0961. The average molecular weight is 357 g/mol. The largest absolute Gasteiger partial charge is 0.354 e. The first-order valence-corrected chi connectivity index (χ1v) is 9.24. The van der Waals surface area contributed by atoms with Crippen LogP contribution in [0.3, 0.4) is 0 Å². The molecule has 0 saturated carbocycles. The summed E-state index contributed by atoms with van der Waals surface area (Å²) in [6, 6.07) is 5.68. The molecule has 1 saturated heterocycles. The zero-order chi connectivity index (χ0) is 18.7. The second kappa shape index (κ2) is 7.86. The van der Waals surface area contributed by atoms with Gasteiger partial charge in [-0.25, -0.2) is 4.98 Å². The Balaban J connectivity index is 1.87. The molecule has 1 aliphatic heterocycles. The number of aromatic amines is 1. The van der Waals surface area contributed by atoms with Gasteiger partial charge in [0.1, 0.15) is 11.5 Å². The zero-order valence-corrected chi connectivity index (χ0v) is 15.7. The smallest absolute Gasteiger partial charge is 0.267 e. The van der Waals surface area contributed by atoms with Crippen LogP contribution in [0.5, 0.6) is 0 Å². The van der Waals surface area contributed by atoms with Gasteiger partial charge in [-0.1, -0.05) is 13.3 Å². The highest BCUT2D eigenvalue weighted by molar-refractivity contribution is 5.92. The molecule has 140 valence electrons. The van der Waals surface area contributed by atoms with Crippen molar-refractivity contribution in [2.24, 2.45) is 7.05 Å². The van der Waals surface area contributed by atoms with Gasteiger partial charge in [-0.3, -0.25) is 14.5 Å². The molecule has 0 aromatic carbocycles. The van der Waals surface area contributed by atoms with E-state index in [0.717, 1.165) is 43.6 Å². The lowest BCUT2D eigenvalue weighted by atomic mass is 9.99. The summed E-state index contributed by atoms with van der Waals surface area (Å²) in [6.07, 6.45) is 4.05. The normalized spacial score (nSPS) is 18.0. The van der Waals surface area contributed by atoms with Crippen LogP contribution in [0.2, 0.25) is 0 Å². The Morgan fingerprint density at radius 1 is 1.38 bits per heavy atom. The number of aromatic nitrogens is 3. The molecule has 7 nitrogen and oxygen atoms in total. The van der Waals surface area contributed by atoms with Crippen LogP contribution in [-0.4, -0.2) is 38.9 Å². The Hall–Kier alpha value is -2.41. The molecule has 1 fully saturated rings. The fraction of sp³-hybridized carbons (Fsp3) is 0.526. The van der Waals surface area contributed by atoms with Crippen molar-refractivity contribution in [3.63, 3.8) is 0 Å². The zero-order valence-electron chi connectivity index (χ0n) is 15.7. The molecule has 0 aliphatic carbocycles. The van der Waals surface area contributed by atoms with Crippen molar-refractivity contribution >= 4 is 5.91 Å². The van der Waals surface area contributed by atoms with E-state index in [9.17, 15) is 9.59 Å². The van der Waals surface area contributed by atoms with E-state index in [4.69, 9.17) is 0 Å². The summed E-state index contributed by atoms with van der Waals surface area (Å²) in [7, 11) is 3.58. The number of hydrogen-bond donors (Lipinski definition) is 2. The summed E-state index contributed by atoms with van der Waals surface area (Å²) < 4.78 is 1.97. The van der Waals surface area contributed by atoms with Gasteiger partial charge < -0.3 is 14.9 Å². The SMILES string of the molecule is CCc1cc(=O)[nH]c(CN2CCCC[C@@H]2c2ccc(C(=O)NC)n2C)n1. The summed E-state index contributed by atoms with van der Waals surface area (Å²) in [4.78, 5) is 33.7. The van der Waals surface area contributed by atoms with Crippen molar-refractivity contribution in [1.29, 1.82) is 0 Å². The van der Waals surface area contributed by atoms with Crippen LogP contribution >= 0.6 is 0 Å². The molecular formula is C19H27N5O2. The molecule has 1 amide bonds. The van der Waals surface area contributed by atoms with E-state index in [2.05, 4.69) is 20.2 Å². The van der Waals surface area contributed by atoms with Crippen LogP contribution < -0.4 is 10.9 Å². The maximum Gasteiger partial charge on any atom is 0.267 e. The summed E-state index contributed by atoms with van der Waals surface area (Å²) in [5.74, 6) is 0.629. The maximum absolute atomic E-state index is 12.0. The van der Waals surface area contributed by atoms with Crippen LogP contribution in [0.15, 0.2) is 23.0 Å². The van der Waals surface area contributed by atoms with Crippen molar-refractivity contribution in [2.75, 3.05) is 13.6 Å². The summed E-state index contributed by atoms with van der Waals surface area (Å²) in [5, 5.41) is 2.69. The Morgan fingerprint density at radius 3 is 2.92 bits per heavy atom. The van der Waals surface area contributed by atoms with Gasteiger partial charge in [0.05, 0.1) is 12.6 Å². The number of carbonyl (C=O) groups excluding carboxylic acids is 1. The Kier molecular flexibility index (Phi) is 5.56. The lowest BCUT2D eigenvalue weighted by molar-refractivity contribution is 0.0952. The highest BCUT2D eigenvalue weighted by Gasteiger charge is 2.27. The number of H-pyrrole nitrogens is 1. The fourth-order valence-electron chi connectivity index (χ4n) is 3.74. The molecule has 2 aromatic rings. The quantitative estimate of drug-likeness (QED) is 0.854. The molecule has 7 heteroatoms. The van der Waals surface area contributed by atoms with E-state index in [-0.39, 0.29) is 17.5 Å². The Morgan fingerprint density at radius 2 is 2.19 bits per heavy atom. The molecule has 3 heterocycles. The first-order valence-electron chi connectivity index (χ1n) is 9.24. The van der Waals surface area contributed by atoms with Gasteiger partial charge in [0.2, 0.25) is 0 Å². The third kappa shape index (κ3) is 3.72. The fourth-order valence-corrected chi connectivity index (χ4v) is 3.74. The van der Waals surface area contributed by atoms with E-state index in [1.54, 1.807) is 13.1 Å². The molecule has 26 heavy (non-hydrogen) atoms. The lowest BCUT2D eigenvalue weighted by Crippen LogP contribution is -2.35. The molecule has 1 atom stereocenters. The molecule has 2 aromatic heterocycles. The topological polar surface area (TPSA) is 83.0 Å². The van der Waals surface area contributed by atoms with E-state index >= 15 is 0 Å². The molecule has 0 spiro atoms. The highest BCUT2D eigenvalue weighted by atomic mass is 16.1. The monoisotopic (exact) mass is 357 g/mol. The Bertz CT molecular complexity index is 839. The van der Waals surface area contributed by atoms with Crippen molar-refractivity contribution in [3.8, 4) is 0 Å². The molecule has 0 unspecified atom stereocenters. The van der Waals surface area contributed by atoms with Crippen LogP contribution in [0.1, 0.15) is 59.9 Å². The van der Waals surface area contributed by atoms with Gasteiger partial charge in [-0.05, 0) is 37.9 Å². The van der Waals surface area contributed by atoms with Gasteiger partial charge in [0.25, 0.3) is 11.5 Å². The van der Waals surface area contributed by atoms with Gasteiger partial charge in [-0.15, -0.1) is 0 Å². The molecule has 2 N–H and O–H groups in total. The van der Waals surface area contributed by atoms with Crippen LogP contribution in [-0.2, 0) is 20.0 Å². The summed E-state index contributed by atoms with van der Waals surface area (Å²) >= 11 is 0. The summed E-state index contributed by atoms with van der Waals surface area (Å²) in [5.41, 5.74) is 2.50. The minimum Gasteiger partial charge on any atom is -0.354 e. The van der Waals surface area contributed by atoms with Crippen molar-refractivity contribution in [1.82, 2.24) is 24.8 Å². The number of nitrogens with one attached hydrogen (secondary N) is 2. The maximum atomic E-state index is 12.0. The molecule has 3 rings (SSSR count). The molecule has 0 bridgehead atoms. The molecule has 0 radical (unpaired) electrons. The van der Waals surface area contributed by atoms with E-state index < -0.39 is 0 Å². The van der Waals surface area contributed by atoms with Crippen molar-refractivity contribution in [2.45, 2.75) is 45.2 Å². The predicted molar refractivity (Wildman–Crippen MR) is 100 cm³/mol. The predicted octanol–water partition coefficient (Wildman–Crippen LogP) is 1.76. The first kappa shape index (κ1) is 18.4. The standard InChI is InChI=1S/C19H27N5O2/c1-4-13-11-18(25)22-17(21-13)12-24-10-6-5-7-15(24)14-8-9-16(23(14)3)19(26)20-2/h8-9,11,15H,4-7,10,12H2,1-3H3,(H,20,26)(H,21,22,25)/t15-/m1/s1. The van der Waals surface area contributed by atoms with Gasteiger partial charge >= 0.3 is 0 Å². The van der Waals surface area contributed by atoms with E-state index in [0.29, 0.717) is 18.1 Å². The first-order chi connectivity index (χ1) is 12.5. The minimum absolute atomic E-state index is 0.0808. The summed E-state index contributed by atoms with van der Waals surface area (Å²) in [6.45, 7) is 3.55. The van der Waals surface area contributed by atoms with Gasteiger partial charge in [0.15, 0.2) is 0 Å². The second-order valence-corrected chi connectivity index (χ2v) is 6.80. The van der Waals surface area contributed by atoms with Gasteiger partial charge in [-0.2, -0.15) is 0 Å². The number of likely N-dealkylation sites (tertiary alicyclic amines) is 1. The van der Waals surface area contributed by atoms with Crippen LogP contribution in [0.25, 0.3) is 0 Å². The number of rotatable bonds is 5. The third-order valence-electron chi connectivity index (χ3n) is 5.13. The highest BCUT2D eigenvalue weighted by Crippen LogP contribution is 2.32. The lowest BCUT2D eigenvalue weighted by Gasteiger charge is -2.35. The number of piperidine rings is 1. The number of aryl methyl sites for hydroxylation is 1. The van der Waals surface area contributed by atoms with Crippen LogP contribution in [0.4, 0.5) is 0 Å². The van der Waals surface area contributed by atoms with Crippen molar-refractivity contribution < 1.29 is 4.79 Å². The number of amides is 1. The number of hydrogen-bond acceptors (Lipinski definition) is 4. The molecule has 1 aliphatic rings. The van der Waals surface area contributed by atoms with Crippen LogP contribution in [0, 0.1) is 0 Å². The third-order valence-corrected chi connectivity index (χ3v) is 5.13. The number of carbonyl (C=O) groups is 1. The van der Waals surface area contributed by atoms with E-state index in [1.807, 2.05) is 30.7 Å². The molecular weight excluding hydrogens is 330 g/mol.